The molecule has 0 radical (unpaired) electrons. The lowest BCUT2D eigenvalue weighted by atomic mass is 9.99. The number of aryl methyl sites for hydroxylation is 1. The first kappa shape index (κ1) is 13.3. The van der Waals surface area contributed by atoms with Crippen LogP contribution in [0.3, 0.4) is 0 Å². The van der Waals surface area contributed by atoms with Gasteiger partial charge in [-0.05, 0) is 18.9 Å². The second kappa shape index (κ2) is 5.52. The predicted octanol–water partition coefficient (Wildman–Crippen LogP) is 1.82. The maximum atomic E-state index is 11.8. The van der Waals surface area contributed by atoms with E-state index in [0.717, 1.165) is 0 Å². The highest BCUT2D eigenvalue weighted by Gasteiger charge is 2.27. The molecule has 5 nitrogen and oxygen atoms in total. The van der Waals surface area contributed by atoms with Crippen LogP contribution in [0.25, 0.3) is 0 Å². The Morgan fingerprint density at radius 1 is 1.53 bits per heavy atom. The van der Waals surface area contributed by atoms with E-state index in [4.69, 9.17) is 9.52 Å². The molecule has 0 aromatic carbocycles. The Balaban J connectivity index is 2.78. The quantitative estimate of drug-likeness (QED) is 0.821. The average Bonchev–Trinajstić information content (AvgIpc) is 2.70. The summed E-state index contributed by atoms with van der Waals surface area (Å²) in [5, 5.41) is 11.5. The van der Waals surface area contributed by atoms with Crippen LogP contribution in [0.15, 0.2) is 16.7 Å². The van der Waals surface area contributed by atoms with Crippen molar-refractivity contribution >= 4 is 11.9 Å². The number of nitrogens with one attached hydrogen (secondary N) is 1. The molecule has 0 aliphatic carbocycles. The van der Waals surface area contributed by atoms with E-state index in [1.54, 1.807) is 19.9 Å². The van der Waals surface area contributed by atoms with E-state index < -0.39 is 17.9 Å². The fraction of sp³-hybridized carbons (Fsp3) is 0.500. The normalized spacial score (nSPS) is 14.1. The second-order valence-corrected chi connectivity index (χ2v) is 4.11. The zero-order valence-electron chi connectivity index (χ0n) is 10.2. The third-order valence-electron chi connectivity index (χ3n) is 2.83. The van der Waals surface area contributed by atoms with Crippen molar-refractivity contribution in [1.82, 2.24) is 5.32 Å². The van der Waals surface area contributed by atoms with Crippen molar-refractivity contribution in [3.05, 3.63) is 23.7 Å². The van der Waals surface area contributed by atoms with E-state index in [1.807, 2.05) is 6.92 Å². The summed E-state index contributed by atoms with van der Waals surface area (Å²) in [6.45, 7) is 5.40. The van der Waals surface area contributed by atoms with E-state index in [-0.39, 0.29) is 11.7 Å². The third-order valence-corrected chi connectivity index (χ3v) is 2.83. The minimum atomic E-state index is -1.03. The van der Waals surface area contributed by atoms with E-state index in [1.165, 1.54) is 6.26 Å². The number of furan rings is 1. The second-order valence-electron chi connectivity index (χ2n) is 4.11. The van der Waals surface area contributed by atoms with Crippen LogP contribution < -0.4 is 5.32 Å². The van der Waals surface area contributed by atoms with Crippen LogP contribution in [0, 0.1) is 12.8 Å². The van der Waals surface area contributed by atoms with Crippen molar-refractivity contribution in [3.63, 3.8) is 0 Å². The molecule has 0 bridgehead atoms. The van der Waals surface area contributed by atoms with Crippen molar-refractivity contribution in [3.8, 4) is 0 Å². The topological polar surface area (TPSA) is 79.5 Å². The molecule has 0 saturated carbocycles. The molecule has 0 saturated heterocycles. The standard InChI is InChI=1S/C12H17NO4/c1-4-7(2)9(12(15)16)13-11(14)10-8(3)5-6-17-10/h5-7,9H,4H2,1-3H3,(H,13,14)(H,15,16)/t7?,9-/m0/s1. The summed E-state index contributed by atoms with van der Waals surface area (Å²) in [7, 11) is 0. The van der Waals surface area contributed by atoms with E-state index in [9.17, 15) is 9.59 Å². The smallest absolute Gasteiger partial charge is 0.326 e. The monoisotopic (exact) mass is 239 g/mol. The molecule has 1 aromatic rings. The zero-order chi connectivity index (χ0) is 13.0. The van der Waals surface area contributed by atoms with Crippen molar-refractivity contribution in [2.45, 2.75) is 33.2 Å². The van der Waals surface area contributed by atoms with Crippen LogP contribution in [0.1, 0.15) is 36.4 Å². The first-order valence-electron chi connectivity index (χ1n) is 5.55. The Morgan fingerprint density at radius 3 is 2.59 bits per heavy atom. The van der Waals surface area contributed by atoms with Crippen molar-refractivity contribution in [2.75, 3.05) is 0 Å². The number of hydrogen-bond acceptors (Lipinski definition) is 3. The molecule has 0 aliphatic heterocycles. The van der Waals surface area contributed by atoms with Gasteiger partial charge in [0, 0.05) is 5.56 Å². The Morgan fingerprint density at radius 2 is 2.18 bits per heavy atom. The Bertz CT molecular complexity index is 410. The molecule has 94 valence electrons. The number of rotatable bonds is 5. The number of hydrogen-bond donors (Lipinski definition) is 2. The van der Waals surface area contributed by atoms with Gasteiger partial charge in [-0.25, -0.2) is 4.79 Å². The lowest BCUT2D eigenvalue weighted by Crippen LogP contribution is -2.45. The molecular formula is C12H17NO4. The molecular weight excluding hydrogens is 222 g/mol. The van der Waals surface area contributed by atoms with Gasteiger partial charge >= 0.3 is 5.97 Å². The van der Waals surface area contributed by atoms with Gasteiger partial charge < -0.3 is 14.8 Å². The van der Waals surface area contributed by atoms with Crippen LogP contribution in [0.4, 0.5) is 0 Å². The molecule has 1 unspecified atom stereocenters. The van der Waals surface area contributed by atoms with E-state index in [0.29, 0.717) is 12.0 Å². The molecule has 0 fully saturated rings. The Hall–Kier alpha value is -1.78. The molecule has 1 rings (SSSR count). The largest absolute Gasteiger partial charge is 0.480 e. The van der Waals surface area contributed by atoms with E-state index in [2.05, 4.69) is 5.32 Å². The first-order chi connectivity index (χ1) is 7.97. The van der Waals surface area contributed by atoms with Gasteiger partial charge in [0.2, 0.25) is 0 Å². The average molecular weight is 239 g/mol. The predicted molar refractivity (Wildman–Crippen MR) is 61.8 cm³/mol. The summed E-state index contributed by atoms with van der Waals surface area (Å²) < 4.78 is 5.02. The summed E-state index contributed by atoms with van der Waals surface area (Å²) in [4.78, 5) is 22.8. The number of amides is 1. The molecule has 5 heteroatoms. The molecule has 0 aliphatic rings. The van der Waals surface area contributed by atoms with Crippen molar-refractivity contribution < 1.29 is 19.1 Å². The summed E-state index contributed by atoms with van der Waals surface area (Å²) in [5.41, 5.74) is 0.691. The molecule has 1 amide bonds. The highest BCUT2D eigenvalue weighted by Crippen LogP contribution is 2.12. The van der Waals surface area contributed by atoms with Crippen LogP contribution >= 0.6 is 0 Å². The number of carbonyl (C=O) groups excluding carboxylic acids is 1. The lowest BCUT2D eigenvalue weighted by molar-refractivity contribution is -0.140. The van der Waals surface area contributed by atoms with Gasteiger partial charge in [0.15, 0.2) is 5.76 Å². The van der Waals surface area contributed by atoms with Crippen molar-refractivity contribution in [1.29, 1.82) is 0 Å². The van der Waals surface area contributed by atoms with Gasteiger partial charge in [-0.15, -0.1) is 0 Å². The number of carbonyl (C=O) groups is 2. The fourth-order valence-electron chi connectivity index (χ4n) is 1.50. The lowest BCUT2D eigenvalue weighted by Gasteiger charge is -2.19. The Labute approximate surface area is 99.8 Å². The first-order valence-corrected chi connectivity index (χ1v) is 5.55. The van der Waals surface area contributed by atoms with Crippen LogP contribution in [0.5, 0.6) is 0 Å². The molecule has 2 atom stereocenters. The molecule has 17 heavy (non-hydrogen) atoms. The molecule has 1 heterocycles. The zero-order valence-corrected chi connectivity index (χ0v) is 10.2. The van der Waals surface area contributed by atoms with Gasteiger partial charge in [0.1, 0.15) is 6.04 Å². The van der Waals surface area contributed by atoms with Gasteiger partial charge in [-0.2, -0.15) is 0 Å². The summed E-state index contributed by atoms with van der Waals surface area (Å²) >= 11 is 0. The third kappa shape index (κ3) is 3.09. The van der Waals surface area contributed by atoms with Gasteiger partial charge in [0.25, 0.3) is 5.91 Å². The van der Waals surface area contributed by atoms with Crippen LogP contribution in [-0.2, 0) is 4.79 Å². The summed E-state index contributed by atoms with van der Waals surface area (Å²) in [6.07, 6.45) is 2.08. The number of aliphatic carboxylic acids is 1. The van der Waals surface area contributed by atoms with Crippen LogP contribution in [0.2, 0.25) is 0 Å². The fourth-order valence-corrected chi connectivity index (χ4v) is 1.50. The maximum Gasteiger partial charge on any atom is 0.326 e. The Kier molecular flexibility index (Phi) is 4.31. The van der Waals surface area contributed by atoms with Gasteiger partial charge in [0.05, 0.1) is 6.26 Å². The van der Waals surface area contributed by atoms with Crippen LogP contribution in [-0.4, -0.2) is 23.0 Å². The summed E-state index contributed by atoms with van der Waals surface area (Å²) in [5.74, 6) is -1.48. The van der Waals surface area contributed by atoms with Gasteiger partial charge in [-0.3, -0.25) is 4.79 Å². The minimum Gasteiger partial charge on any atom is -0.480 e. The molecule has 2 N–H and O–H groups in total. The highest BCUT2D eigenvalue weighted by molar-refractivity contribution is 5.95. The summed E-state index contributed by atoms with van der Waals surface area (Å²) in [6, 6.07) is 0.769. The molecule has 0 spiro atoms. The van der Waals surface area contributed by atoms with E-state index >= 15 is 0 Å². The highest BCUT2D eigenvalue weighted by atomic mass is 16.4. The maximum absolute atomic E-state index is 11.8. The molecule has 1 aromatic heterocycles. The van der Waals surface area contributed by atoms with Gasteiger partial charge in [-0.1, -0.05) is 20.3 Å². The SMILES string of the molecule is CCC(C)[C@H](NC(=O)c1occc1C)C(=O)O. The minimum absolute atomic E-state index is 0.133. The van der Waals surface area contributed by atoms with Crippen molar-refractivity contribution in [2.24, 2.45) is 5.92 Å². The number of carboxylic acids is 1. The number of carboxylic acid groups (broad SMARTS) is 1.